The van der Waals surface area contributed by atoms with Crippen molar-refractivity contribution in [2.45, 2.75) is 19.5 Å². The standard InChI is InChI=1S/C15H20N3/c1-17-12-16-14-11-18(2,9-8-15(14)17)10-13-6-4-3-5-7-13/h3-7,12H,8-11H2,1-2H3/q+1/t18-/m0/s1. The Morgan fingerprint density at radius 2 is 2.06 bits per heavy atom. The van der Waals surface area contributed by atoms with Gasteiger partial charge in [-0.05, 0) is 0 Å². The number of aryl methyl sites for hydroxylation is 1. The number of fused-ring (bicyclic) bond motifs is 1. The van der Waals surface area contributed by atoms with E-state index in [0.29, 0.717) is 0 Å². The number of hydrogen-bond donors (Lipinski definition) is 0. The van der Waals surface area contributed by atoms with Gasteiger partial charge in [-0.2, -0.15) is 0 Å². The van der Waals surface area contributed by atoms with Crippen molar-refractivity contribution in [3.8, 4) is 0 Å². The van der Waals surface area contributed by atoms with Gasteiger partial charge in [0.2, 0.25) is 0 Å². The maximum atomic E-state index is 4.54. The van der Waals surface area contributed by atoms with E-state index >= 15 is 0 Å². The number of rotatable bonds is 2. The van der Waals surface area contributed by atoms with E-state index in [1.165, 1.54) is 23.5 Å². The molecule has 2 heterocycles. The molecule has 0 N–H and O–H groups in total. The van der Waals surface area contributed by atoms with Gasteiger partial charge in [-0.1, -0.05) is 30.3 Å². The van der Waals surface area contributed by atoms with Crippen LogP contribution < -0.4 is 0 Å². The van der Waals surface area contributed by atoms with E-state index in [4.69, 9.17) is 0 Å². The summed E-state index contributed by atoms with van der Waals surface area (Å²) in [5, 5.41) is 0. The second-order valence-electron chi connectivity index (χ2n) is 5.64. The van der Waals surface area contributed by atoms with Crippen molar-refractivity contribution in [2.24, 2.45) is 7.05 Å². The molecule has 0 fully saturated rings. The maximum absolute atomic E-state index is 4.54. The second-order valence-corrected chi connectivity index (χ2v) is 5.64. The topological polar surface area (TPSA) is 17.8 Å². The Bertz CT molecular complexity index is 544. The van der Waals surface area contributed by atoms with Crippen LogP contribution in [0.1, 0.15) is 17.0 Å². The highest BCUT2D eigenvalue weighted by Gasteiger charge is 2.31. The molecule has 2 aromatic rings. The zero-order valence-corrected chi connectivity index (χ0v) is 11.1. The first-order chi connectivity index (χ1) is 8.66. The number of hydrogen-bond acceptors (Lipinski definition) is 1. The van der Waals surface area contributed by atoms with Crippen LogP contribution in [0.15, 0.2) is 36.7 Å². The smallest absolute Gasteiger partial charge is 0.124 e. The van der Waals surface area contributed by atoms with Crippen molar-refractivity contribution in [3.05, 3.63) is 53.6 Å². The molecular formula is C15H20N3+. The molecular weight excluding hydrogens is 222 g/mol. The predicted octanol–water partition coefficient (Wildman–Crippen LogP) is 2.12. The number of quaternary nitrogens is 1. The van der Waals surface area contributed by atoms with E-state index < -0.39 is 0 Å². The number of likely N-dealkylation sites (N-methyl/N-ethyl adjacent to an activating group) is 1. The van der Waals surface area contributed by atoms with Crippen molar-refractivity contribution in [3.63, 3.8) is 0 Å². The summed E-state index contributed by atoms with van der Waals surface area (Å²) in [5.74, 6) is 0. The van der Waals surface area contributed by atoms with Gasteiger partial charge < -0.3 is 9.05 Å². The van der Waals surface area contributed by atoms with E-state index in [-0.39, 0.29) is 0 Å². The van der Waals surface area contributed by atoms with Crippen molar-refractivity contribution in [2.75, 3.05) is 13.6 Å². The number of imidazole rings is 1. The fraction of sp³-hybridized carbons (Fsp3) is 0.400. The van der Waals surface area contributed by atoms with Crippen LogP contribution in [0.2, 0.25) is 0 Å². The number of benzene rings is 1. The Morgan fingerprint density at radius 3 is 2.83 bits per heavy atom. The second kappa shape index (κ2) is 4.25. The molecule has 0 saturated carbocycles. The van der Waals surface area contributed by atoms with Gasteiger partial charge in [-0.3, -0.25) is 0 Å². The Kier molecular flexibility index (Phi) is 2.71. The first-order valence-electron chi connectivity index (χ1n) is 6.53. The van der Waals surface area contributed by atoms with Gasteiger partial charge in [0.15, 0.2) is 0 Å². The van der Waals surface area contributed by atoms with Crippen molar-refractivity contribution in [1.29, 1.82) is 0 Å². The van der Waals surface area contributed by atoms with Crippen LogP contribution in [-0.4, -0.2) is 27.6 Å². The Balaban J connectivity index is 1.81. The van der Waals surface area contributed by atoms with Gasteiger partial charge >= 0.3 is 0 Å². The number of nitrogens with zero attached hydrogens (tertiary/aromatic N) is 3. The zero-order chi connectivity index (χ0) is 12.6. The minimum atomic E-state index is 1.05. The number of aromatic nitrogens is 2. The highest BCUT2D eigenvalue weighted by molar-refractivity contribution is 5.16. The molecule has 1 atom stereocenters. The quantitative estimate of drug-likeness (QED) is 0.738. The lowest BCUT2D eigenvalue weighted by Crippen LogP contribution is -2.47. The average molecular weight is 242 g/mol. The fourth-order valence-corrected chi connectivity index (χ4v) is 2.93. The summed E-state index contributed by atoms with van der Waals surface area (Å²) in [6, 6.07) is 10.8. The molecule has 3 heteroatoms. The van der Waals surface area contributed by atoms with E-state index in [1.54, 1.807) is 0 Å². The van der Waals surface area contributed by atoms with Gasteiger partial charge in [0, 0.05) is 19.0 Å². The molecule has 0 unspecified atom stereocenters. The van der Waals surface area contributed by atoms with E-state index in [9.17, 15) is 0 Å². The van der Waals surface area contributed by atoms with Crippen LogP contribution in [0.5, 0.6) is 0 Å². The monoisotopic (exact) mass is 242 g/mol. The molecule has 0 amide bonds. The third-order valence-electron chi connectivity index (χ3n) is 3.97. The Labute approximate surface area is 108 Å². The summed E-state index contributed by atoms with van der Waals surface area (Å²) in [6.07, 6.45) is 3.08. The third-order valence-corrected chi connectivity index (χ3v) is 3.97. The first kappa shape index (κ1) is 11.5. The van der Waals surface area contributed by atoms with E-state index in [1.807, 2.05) is 6.33 Å². The lowest BCUT2D eigenvalue weighted by Gasteiger charge is -2.37. The summed E-state index contributed by atoms with van der Waals surface area (Å²) in [7, 11) is 4.43. The molecule has 94 valence electrons. The summed E-state index contributed by atoms with van der Waals surface area (Å²) < 4.78 is 3.23. The molecule has 1 aromatic heterocycles. The SMILES string of the molecule is Cn1cnc2c1CC[N@@+](C)(Cc1ccccc1)C2. The van der Waals surface area contributed by atoms with Crippen LogP contribution in [-0.2, 0) is 26.6 Å². The van der Waals surface area contributed by atoms with Crippen LogP contribution in [0.3, 0.4) is 0 Å². The largest absolute Gasteiger partial charge is 0.337 e. The predicted molar refractivity (Wildman–Crippen MR) is 71.8 cm³/mol. The molecule has 0 bridgehead atoms. The minimum Gasteiger partial charge on any atom is -0.337 e. The Morgan fingerprint density at radius 1 is 1.28 bits per heavy atom. The molecule has 3 nitrogen and oxygen atoms in total. The Hall–Kier alpha value is -1.61. The van der Waals surface area contributed by atoms with Gasteiger partial charge in [0.1, 0.15) is 18.8 Å². The molecule has 3 rings (SSSR count). The van der Waals surface area contributed by atoms with Gasteiger partial charge in [0.05, 0.1) is 25.6 Å². The highest BCUT2D eigenvalue weighted by Crippen LogP contribution is 2.24. The van der Waals surface area contributed by atoms with Gasteiger partial charge in [-0.15, -0.1) is 0 Å². The molecule has 0 spiro atoms. The summed E-state index contributed by atoms with van der Waals surface area (Å²) in [5.41, 5.74) is 4.11. The van der Waals surface area contributed by atoms with E-state index in [0.717, 1.165) is 24.0 Å². The minimum absolute atomic E-state index is 1.05. The normalized spacial score (nSPS) is 22.8. The van der Waals surface area contributed by atoms with E-state index in [2.05, 4.69) is 54.0 Å². The van der Waals surface area contributed by atoms with Gasteiger partial charge in [-0.25, -0.2) is 4.98 Å². The third kappa shape index (κ3) is 2.06. The summed E-state index contributed by atoms with van der Waals surface area (Å²) >= 11 is 0. The van der Waals surface area contributed by atoms with Gasteiger partial charge in [0.25, 0.3) is 0 Å². The van der Waals surface area contributed by atoms with Crippen molar-refractivity contribution >= 4 is 0 Å². The summed E-state index contributed by atoms with van der Waals surface area (Å²) in [6.45, 7) is 3.34. The molecule has 18 heavy (non-hydrogen) atoms. The van der Waals surface area contributed by atoms with Crippen LogP contribution in [0.25, 0.3) is 0 Å². The van der Waals surface area contributed by atoms with Crippen LogP contribution in [0.4, 0.5) is 0 Å². The lowest BCUT2D eigenvalue weighted by atomic mass is 10.1. The van der Waals surface area contributed by atoms with Crippen molar-refractivity contribution < 1.29 is 4.48 Å². The average Bonchev–Trinajstić information content (AvgIpc) is 2.71. The molecule has 1 aliphatic heterocycles. The highest BCUT2D eigenvalue weighted by atomic mass is 15.3. The first-order valence-corrected chi connectivity index (χ1v) is 6.53. The molecule has 1 aliphatic rings. The molecule has 0 saturated heterocycles. The van der Waals surface area contributed by atoms with Crippen molar-refractivity contribution in [1.82, 2.24) is 9.55 Å². The van der Waals surface area contributed by atoms with Crippen LogP contribution >= 0.6 is 0 Å². The maximum Gasteiger partial charge on any atom is 0.124 e. The zero-order valence-electron chi connectivity index (χ0n) is 11.1. The summed E-state index contributed by atoms with van der Waals surface area (Å²) in [4.78, 5) is 4.54. The molecule has 0 aliphatic carbocycles. The lowest BCUT2D eigenvalue weighted by molar-refractivity contribution is -0.937. The molecule has 1 aromatic carbocycles. The van der Waals surface area contributed by atoms with Crippen LogP contribution in [0, 0.1) is 0 Å². The fourth-order valence-electron chi connectivity index (χ4n) is 2.93. The molecule has 0 radical (unpaired) electrons.